The second-order valence-corrected chi connectivity index (χ2v) is 7.40. The number of sulfonamides is 1. The zero-order chi connectivity index (χ0) is 17.3. The zero-order valence-corrected chi connectivity index (χ0v) is 13.9. The number of fused-ring (bicyclic) bond motifs is 1. The van der Waals surface area contributed by atoms with Gasteiger partial charge in [0.05, 0.1) is 21.6 Å². The highest BCUT2D eigenvalue weighted by molar-refractivity contribution is 7.93. The zero-order valence-electron chi connectivity index (χ0n) is 12.3. The lowest BCUT2D eigenvalue weighted by Crippen LogP contribution is -2.12. The van der Waals surface area contributed by atoms with Crippen LogP contribution < -0.4 is 9.46 Å². The van der Waals surface area contributed by atoms with Crippen molar-refractivity contribution < 1.29 is 18.1 Å². The van der Waals surface area contributed by atoms with Crippen LogP contribution in [0.3, 0.4) is 0 Å². The Balaban J connectivity index is 1.93. The van der Waals surface area contributed by atoms with E-state index in [0.29, 0.717) is 11.3 Å². The van der Waals surface area contributed by atoms with Crippen molar-refractivity contribution in [3.8, 4) is 5.75 Å². The SMILES string of the molecule is COc1cccc2sc(NS(=O)(=O)c3ccc([N+](=O)[O-])cc3)nc12. The number of nitrogens with one attached hydrogen (secondary N) is 1. The van der Waals surface area contributed by atoms with E-state index >= 15 is 0 Å². The number of nitro groups is 1. The van der Waals surface area contributed by atoms with Crippen LogP contribution in [0.15, 0.2) is 47.4 Å². The number of rotatable bonds is 5. The van der Waals surface area contributed by atoms with Gasteiger partial charge in [0, 0.05) is 12.1 Å². The van der Waals surface area contributed by atoms with Gasteiger partial charge in [-0.3, -0.25) is 14.8 Å². The summed E-state index contributed by atoms with van der Waals surface area (Å²) in [6.45, 7) is 0. The Labute approximate surface area is 140 Å². The highest BCUT2D eigenvalue weighted by atomic mass is 32.2. The lowest BCUT2D eigenvalue weighted by molar-refractivity contribution is -0.384. The molecule has 1 aromatic heterocycles. The van der Waals surface area contributed by atoms with Crippen LogP contribution in [0.2, 0.25) is 0 Å². The molecular formula is C14H11N3O5S2. The summed E-state index contributed by atoms with van der Waals surface area (Å²) < 4.78 is 33.1. The number of methoxy groups -OCH3 is 1. The van der Waals surface area contributed by atoms with Gasteiger partial charge in [0.2, 0.25) is 0 Å². The third kappa shape index (κ3) is 3.01. The van der Waals surface area contributed by atoms with Crippen LogP contribution in [0.1, 0.15) is 0 Å². The van der Waals surface area contributed by atoms with E-state index in [4.69, 9.17) is 4.74 Å². The smallest absolute Gasteiger partial charge is 0.269 e. The second kappa shape index (κ2) is 6.06. The van der Waals surface area contributed by atoms with Crippen molar-refractivity contribution in [2.75, 3.05) is 11.8 Å². The van der Waals surface area contributed by atoms with Crippen molar-refractivity contribution in [1.82, 2.24) is 4.98 Å². The number of non-ortho nitro benzene ring substituents is 1. The summed E-state index contributed by atoms with van der Waals surface area (Å²) in [5, 5.41) is 10.8. The quantitative estimate of drug-likeness (QED) is 0.549. The summed E-state index contributed by atoms with van der Waals surface area (Å²) in [5.41, 5.74) is 0.380. The van der Waals surface area contributed by atoms with Crippen LogP contribution in [-0.4, -0.2) is 25.4 Å². The Bertz CT molecular complexity index is 1010. The van der Waals surface area contributed by atoms with Crippen molar-refractivity contribution in [3.05, 3.63) is 52.6 Å². The number of anilines is 1. The maximum atomic E-state index is 12.4. The minimum absolute atomic E-state index is 0.0840. The van der Waals surface area contributed by atoms with Crippen molar-refractivity contribution in [3.63, 3.8) is 0 Å². The van der Waals surface area contributed by atoms with Crippen molar-refractivity contribution in [2.24, 2.45) is 0 Å². The molecule has 1 N–H and O–H groups in total. The van der Waals surface area contributed by atoms with E-state index in [9.17, 15) is 18.5 Å². The molecular weight excluding hydrogens is 354 g/mol. The van der Waals surface area contributed by atoms with Crippen LogP contribution in [0, 0.1) is 10.1 Å². The second-order valence-electron chi connectivity index (χ2n) is 4.68. The Kier molecular flexibility index (Phi) is 4.08. The normalized spacial score (nSPS) is 11.4. The Morgan fingerprint density at radius 3 is 2.54 bits per heavy atom. The topological polar surface area (TPSA) is 111 Å². The molecule has 0 aliphatic rings. The molecule has 0 radical (unpaired) electrons. The van der Waals surface area contributed by atoms with E-state index in [2.05, 4.69) is 9.71 Å². The van der Waals surface area contributed by atoms with Crippen LogP contribution in [0.25, 0.3) is 10.2 Å². The molecule has 24 heavy (non-hydrogen) atoms. The fourth-order valence-corrected chi connectivity index (χ4v) is 4.17. The van der Waals surface area contributed by atoms with Crippen LogP contribution in [0.5, 0.6) is 5.75 Å². The highest BCUT2D eigenvalue weighted by Crippen LogP contribution is 2.33. The molecule has 0 amide bonds. The number of nitrogens with zero attached hydrogens (tertiary/aromatic N) is 2. The van der Waals surface area contributed by atoms with Gasteiger partial charge in [-0.1, -0.05) is 17.4 Å². The molecule has 0 spiro atoms. The molecule has 1 heterocycles. The first-order valence-electron chi connectivity index (χ1n) is 6.61. The van der Waals surface area contributed by atoms with Gasteiger partial charge in [0.15, 0.2) is 5.13 Å². The molecule has 0 unspecified atom stereocenters. The van der Waals surface area contributed by atoms with Crippen molar-refractivity contribution in [2.45, 2.75) is 4.90 Å². The third-order valence-electron chi connectivity index (χ3n) is 3.18. The molecule has 2 aromatic carbocycles. The standard InChI is InChI=1S/C14H11N3O5S2/c1-22-11-3-2-4-12-13(11)15-14(23-12)16-24(20,21)10-7-5-9(6-8-10)17(18)19/h2-8H,1H3,(H,15,16). The minimum atomic E-state index is -3.89. The molecule has 0 saturated heterocycles. The van der Waals surface area contributed by atoms with Crippen molar-refractivity contribution >= 4 is 42.4 Å². The lowest BCUT2D eigenvalue weighted by Gasteiger charge is -2.04. The molecule has 10 heteroatoms. The highest BCUT2D eigenvalue weighted by Gasteiger charge is 2.18. The average molecular weight is 365 g/mol. The van der Waals surface area contributed by atoms with Gasteiger partial charge < -0.3 is 4.74 Å². The summed E-state index contributed by atoms with van der Waals surface area (Å²) in [6, 6.07) is 9.94. The summed E-state index contributed by atoms with van der Waals surface area (Å²) in [7, 11) is -2.38. The predicted octanol–water partition coefficient (Wildman–Crippen LogP) is 3.01. The fraction of sp³-hybridized carbons (Fsp3) is 0.0714. The van der Waals surface area contributed by atoms with E-state index in [0.717, 1.165) is 16.8 Å². The Hall–Kier alpha value is -2.72. The summed E-state index contributed by atoms with van der Waals surface area (Å²) >= 11 is 1.17. The molecule has 0 aliphatic heterocycles. The maximum Gasteiger partial charge on any atom is 0.269 e. The van der Waals surface area contributed by atoms with Gasteiger partial charge in [-0.05, 0) is 24.3 Å². The number of benzene rings is 2. The van der Waals surface area contributed by atoms with Gasteiger partial charge in [0.25, 0.3) is 15.7 Å². The average Bonchev–Trinajstić information content (AvgIpc) is 2.96. The first-order valence-corrected chi connectivity index (χ1v) is 8.91. The lowest BCUT2D eigenvalue weighted by atomic mass is 10.3. The van der Waals surface area contributed by atoms with Gasteiger partial charge in [-0.2, -0.15) is 0 Å². The molecule has 124 valence electrons. The molecule has 0 aliphatic carbocycles. The molecule has 3 aromatic rings. The number of hydrogen-bond donors (Lipinski definition) is 1. The minimum Gasteiger partial charge on any atom is -0.494 e. The molecule has 0 saturated carbocycles. The van der Waals surface area contributed by atoms with Crippen LogP contribution in [0.4, 0.5) is 10.8 Å². The van der Waals surface area contributed by atoms with E-state index in [1.54, 1.807) is 18.2 Å². The Morgan fingerprint density at radius 2 is 1.92 bits per heavy atom. The van der Waals surface area contributed by atoms with Gasteiger partial charge in [-0.25, -0.2) is 13.4 Å². The van der Waals surface area contributed by atoms with Crippen molar-refractivity contribution in [1.29, 1.82) is 0 Å². The number of ether oxygens (including phenoxy) is 1. The molecule has 0 atom stereocenters. The van der Waals surface area contributed by atoms with Gasteiger partial charge in [0.1, 0.15) is 11.3 Å². The molecule has 0 bridgehead atoms. The van der Waals surface area contributed by atoms with E-state index in [-0.39, 0.29) is 15.7 Å². The molecule has 8 nitrogen and oxygen atoms in total. The summed E-state index contributed by atoms with van der Waals surface area (Å²) in [5.74, 6) is 0.546. The maximum absolute atomic E-state index is 12.4. The first-order chi connectivity index (χ1) is 11.4. The number of thiazole rings is 1. The Morgan fingerprint density at radius 1 is 1.21 bits per heavy atom. The van der Waals surface area contributed by atoms with Gasteiger partial charge in [-0.15, -0.1) is 0 Å². The molecule has 3 rings (SSSR count). The van der Waals surface area contributed by atoms with Gasteiger partial charge >= 0.3 is 0 Å². The number of para-hydroxylation sites is 1. The fourth-order valence-electron chi connectivity index (χ4n) is 2.05. The predicted molar refractivity (Wildman–Crippen MR) is 90.1 cm³/mol. The monoisotopic (exact) mass is 365 g/mol. The third-order valence-corrected chi connectivity index (χ3v) is 5.60. The van der Waals surface area contributed by atoms with Crippen LogP contribution in [-0.2, 0) is 10.0 Å². The largest absolute Gasteiger partial charge is 0.494 e. The van der Waals surface area contributed by atoms with Crippen LogP contribution >= 0.6 is 11.3 Å². The summed E-state index contributed by atoms with van der Waals surface area (Å²) in [4.78, 5) is 14.2. The van der Waals surface area contributed by atoms with E-state index in [1.165, 1.54) is 30.6 Å². The van der Waals surface area contributed by atoms with E-state index in [1.807, 2.05) is 0 Å². The number of hydrogen-bond acceptors (Lipinski definition) is 7. The summed E-state index contributed by atoms with van der Waals surface area (Å²) in [6.07, 6.45) is 0. The number of aromatic nitrogens is 1. The number of nitro benzene ring substituents is 1. The molecule has 0 fully saturated rings. The first kappa shape index (κ1) is 16.1. The van der Waals surface area contributed by atoms with E-state index < -0.39 is 14.9 Å².